The van der Waals surface area contributed by atoms with Crippen LogP contribution in [0.25, 0.3) is 5.70 Å². The van der Waals surface area contributed by atoms with Gasteiger partial charge >= 0.3 is 0 Å². The zero-order valence-electron chi connectivity index (χ0n) is 23.7. The summed E-state index contributed by atoms with van der Waals surface area (Å²) in [5, 5.41) is 3.41. The van der Waals surface area contributed by atoms with E-state index in [-0.39, 0.29) is 28.4 Å². The summed E-state index contributed by atoms with van der Waals surface area (Å²) in [5.41, 5.74) is 2.07. The van der Waals surface area contributed by atoms with Gasteiger partial charge in [0.2, 0.25) is 5.96 Å². The molecule has 1 spiro atoms. The van der Waals surface area contributed by atoms with Crippen molar-refractivity contribution in [2.24, 2.45) is 26.3 Å². The predicted octanol–water partition coefficient (Wildman–Crippen LogP) is 5.92. The Balaban J connectivity index is 1.08. The van der Waals surface area contributed by atoms with E-state index in [1.165, 1.54) is 18.2 Å². The molecule has 43 heavy (non-hydrogen) atoms. The minimum atomic E-state index is -0.708. The Kier molecular flexibility index (Phi) is 7.10. The number of carbonyl (C=O) groups is 1. The SMILES string of the molecule is CN(C(=O)c1ccc(NC2=NCC34CC=C(c5c(F)cccc5F)N=C(Cl)C3=CC=CC4=N2)cc1)C1CN2CCC1CC2. The number of hydrogen-bond acceptors (Lipinski definition) is 6. The molecule has 2 atom stereocenters. The number of anilines is 1. The molecule has 220 valence electrons. The lowest BCUT2D eigenvalue weighted by molar-refractivity contribution is 0.0162. The van der Waals surface area contributed by atoms with Gasteiger partial charge in [-0.25, -0.2) is 23.8 Å². The van der Waals surface area contributed by atoms with Gasteiger partial charge in [0.15, 0.2) is 0 Å². The Morgan fingerprint density at radius 2 is 1.84 bits per heavy atom. The van der Waals surface area contributed by atoms with Gasteiger partial charge < -0.3 is 15.1 Å². The van der Waals surface area contributed by atoms with Crippen molar-refractivity contribution in [1.82, 2.24) is 9.80 Å². The summed E-state index contributed by atoms with van der Waals surface area (Å²) < 4.78 is 29.2. The first-order chi connectivity index (χ1) is 20.8. The van der Waals surface area contributed by atoms with Crippen molar-refractivity contribution in [1.29, 1.82) is 0 Å². The number of hydrogen-bond donors (Lipinski definition) is 1. The quantitative estimate of drug-likeness (QED) is 0.474. The lowest BCUT2D eigenvalue weighted by Crippen LogP contribution is -2.57. The molecular weight excluding hydrogens is 570 g/mol. The molecule has 6 aliphatic rings. The number of amides is 1. The van der Waals surface area contributed by atoms with Crippen LogP contribution in [0.5, 0.6) is 0 Å². The van der Waals surface area contributed by atoms with Gasteiger partial charge in [-0.05, 0) is 80.7 Å². The third-order valence-electron chi connectivity index (χ3n) is 9.38. The maximum absolute atomic E-state index is 14.6. The van der Waals surface area contributed by atoms with E-state index in [4.69, 9.17) is 21.6 Å². The van der Waals surface area contributed by atoms with Crippen LogP contribution >= 0.6 is 11.6 Å². The van der Waals surface area contributed by atoms with Gasteiger partial charge in [0.25, 0.3) is 5.91 Å². The third kappa shape index (κ3) is 4.94. The number of nitrogens with one attached hydrogen (secondary N) is 1. The normalized spacial score (nSPS) is 27.4. The molecule has 0 radical (unpaired) electrons. The first kappa shape index (κ1) is 27.9. The minimum absolute atomic E-state index is 0.0312. The van der Waals surface area contributed by atoms with Crippen LogP contribution in [0.4, 0.5) is 14.5 Å². The molecule has 1 aliphatic carbocycles. The van der Waals surface area contributed by atoms with Gasteiger partial charge in [0.1, 0.15) is 16.8 Å². The number of allylic oxidation sites excluding steroid dienone is 4. The lowest BCUT2D eigenvalue weighted by Gasteiger charge is -2.48. The van der Waals surface area contributed by atoms with Crippen molar-refractivity contribution in [2.75, 3.05) is 38.5 Å². The second-order valence-electron chi connectivity index (χ2n) is 11.8. The van der Waals surface area contributed by atoms with Crippen molar-refractivity contribution < 1.29 is 13.6 Å². The zero-order chi connectivity index (χ0) is 29.7. The summed E-state index contributed by atoms with van der Waals surface area (Å²) in [6, 6.07) is 11.4. The smallest absolute Gasteiger partial charge is 0.253 e. The monoisotopic (exact) mass is 600 g/mol. The van der Waals surface area contributed by atoms with Crippen molar-refractivity contribution in [3.8, 4) is 0 Å². The highest BCUT2D eigenvalue weighted by Gasteiger charge is 2.44. The Morgan fingerprint density at radius 1 is 1.09 bits per heavy atom. The lowest BCUT2D eigenvalue weighted by atomic mass is 9.70. The fraction of sp³-hybridized carbons (Fsp3) is 0.333. The zero-order valence-corrected chi connectivity index (χ0v) is 24.5. The fourth-order valence-electron chi connectivity index (χ4n) is 6.91. The van der Waals surface area contributed by atoms with E-state index in [0.717, 1.165) is 43.9 Å². The number of fused-ring (bicyclic) bond motifs is 3. The molecule has 2 unspecified atom stereocenters. The molecular formula is C33H31ClF2N6O. The molecule has 8 rings (SSSR count). The van der Waals surface area contributed by atoms with Crippen molar-refractivity contribution >= 4 is 45.7 Å². The van der Waals surface area contributed by atoms with Crippen molar-refractivity contribution in [3.05, 3.63) is 95.1 Å². The van der Waals surface area contributed by atoms with Crippen molar-refractivity contribution in [2.45, 2.75) is 25.3 Å². The van der Waals surface area contributed by atoms with E-state index in [9.17, 15) is 13.6 Å². The van der Waals surface area contributed by atoms with Gasteiger partial charge in [0.05, 0.1) is 28.9 Å². The van der Waals surface area contributed by atoms with E-state index in [2.05, 4.69) is 15.2 Å². The molecule has 3 fully saturated rings. The molecule has 10 heteroatoms. The molecule has 5 heterocycles. The molecule has 1 N–H and O–H groups in total. The van der Waals surface area contributed by atoms with Gasteiger partial charge in [-0.3, -0.25) is 4.79 Å². The maximum atomic E-state index is 14.6. The standard InChI is InChI=1S/C33H31ClF2N6O/c1-41(27-18-42-16-13-20(27)14-17-42)31(43)21-8-10-22(11-9-21)38-32-37-19-33-15-12-26(29-24(35)5-3-6-25(29)36)39-30(34)23(33)4-2-7-28(33)40-32/h2-12,20,27H,13-19H2,1H3,(H,37,38). The highest BCUT2D eigenvalue weighted by Crippen LogP contribution is 2.44. The summed E-state index contributed by atoms with van der Waals surface area (Å²) in [7, 11) is 1.92. The highest BCUT2D eigenvalue weighted by atomic mass is 35.5. The van der Waals surface area contributed by atoms with Crippen LogP contribution in [-0.4, -0.2) is 71.8 Å². The molecule has 1 amide bonds. The molecule has 5 aliphatic heterocycles. The second kappa shape index (κ2) is 11.0. The Labute approximate surface area is 254 Å². The van der Waals surface area contributed by atoms with Crippen LogP contribution in [0, 0.1) is 23.0 Å². The number of carbonyl (C=O) groups excluding carboxylic acids is 1. The average Bonchev–Trinajstić information content (AvgIpc) is 3.17. The number of piperidine rings is 3. The Hall–Kier alpha value is -3.95. The molecule has 0 saturated carbocycles. The number of benzene rings is 2. The topological polar surface area (TPSA) is 72.7 Å². The first-order valence-corrected chi connectivity index (χ1v) is 15.0. The summed E-state index contributed by atoms with van der Waals surface area (Å²) in [6.07, 6.45) is 9.98. The molecule has 3 saturated heterocycles. The minimum Gasteiger partial charge on any atom is -0.337 e. The first-order valence-electron chi connectivity index (χ1n) is 14.6. The largest absolute Gasteiger partial charge is 0.337 e. The summed E-state index contributed by atoms with van der Waals surface area (Å²) in [5.74, 6) is -0.364. The predicted molar refractivity (Wildman–Crippen MR) is 167 cm³/mol. The highest BCUT2D eigenvalue weighted by molar-refractivity contribution is 6.70. The Morgan fingerprint density at radius 3 is 2.53 bits per heavy atom. The van der Waals surface area contributed by atoms with E-state index in [0.29, 0.717) is 36.0 Å². The fourth-order valence-corrected chi connectivity index (χ4v) is 7.25. The molecule has 2 aromatic carbocycles. The van der Waals surface area contributed by atoms with Gasteiger partial charge in [-0.15, -0.1) is 0 Å². The number of nitrogens with zero attached hydrogens (tertiary/aromatic N) is 5. The molecule has 2 aromatic rings. The molecule has 0 aromatic heterocycles. The van der Waals surface area contributed by atoms with Crippen LogP contribution < -0.4 is 5.32 Å². The van der Waals surface area contributed by atoms with Crippen LogP contribution in [0.1, 0.15) is 35.2 Å². The number of halogens is 3. The van der Waals surface area contributed by atoms with E-state index >= 15 is 0 Å². The Bertz CT molecular complexity index is 1650. The van der Waals surface area contributed by atoms with Gasteiger partial charge in [0, 0.05) is 36.5 Å². The number of likely N-dealkylation sites (N-methyl/N-ethyl adjacent to an activating group) is 1. The van der Waals surface area contributed by atoms with Gasteiger partial charge in [-0.2, -0.15) is 0 Å². The second-order valence-corrected chi connectivity index (χ2v) is 12.1. The number of guanidine groups is 1. The summed E-state index contributed by atoms with van der Waals surface area (Å²) >= 11 is 6.66. The molecule has 7 nitrogen and oxygen atoms in total. The summed E-state index contributed by atoms with van der Waals surface area (Å²) in [4.78, 5) is 31.6. The van der Waals surface area contributed by atoms with Crippen LogP contribution in [-0.2, 0) is 0 Å². The maximum Gasteiger partial charge on any atom is 0.253 e. The van der Waals surface area contributed by atoms with E-state index in [1.807, 2.05) is 54.4 Å². The van der Waals surface area contributed by atoms with Crippen LogP contribution in [0.2, 0.25) is 0 Å². The van der Waals surface area contributed by atoms with Crippen molar-refractivity contribution in [3.63, 3.8) is 0 Å². The number of rotatable bonds is 4. The van der Waals surface area contributed by atoms with Gasteiger partial charge in [-0.1, -0.05) is 35.9 Å². The summed E-state index contributed by atoms with van der Waals surface area (Å²) in [6.45, 7) is 3.55. The van der Waals surface area contributed by atoms with Crippen LogP contribution in [0.3, 0.4) is 0 Å². The molecule has 2 bridgehead atoms. The third-order valence-corrected chi connectivity index (χ3v) is 9.67. The van der Waals surface area contributed by atoms with E-state index < -0.39 is 17.0 Å². The van der Waals surface area contributed by atoms with E-state index in [1.54, 1.807) is 6.08 Å². The average molecular weight is 601 g/mol. The van der Waals surface area contributed by atoms with Crippen LogP contribution in [0.15, 0.2) is 87.3 Å². The number of aliphatic imine (C=N–C) groups is 3.